The zero-order valence-corrected chi connectivity index (χ0v) is 12.1. The molecule has 1 aliphatic rings. The van der Waals surface area contributed by atoms with Gasteiger partial charge in [0.25, 0.3) is 0 Å². The summed E-state index contributed by atoms with van der Waals surface area (Å²) < 4.78 is 5.88. The number of aryl methyl sites for hydroxylation is 1. The Kier molecular flexibility index (Phi) is 3.58. The molecule has 1 amide bonds. The molecular formula is C16H14N2O2S. The van der Waals surface area contributed by atoms with Crippen molar-refractivity contribution >= 4 is 28.8 Å². The standard InChI is InChI=1S/C16H14N2O2S/c17-16(21)12-3-1-2-4-14(12)20-11-6-7-13-10(9-11)5-8-15(19)18-13/h1-4,6-7,9H,5,8H2,(H2,17,21)(H,18,19). The molecule has 0 fully saturated rings. The summed E-state index contributed by atoms with van der Waals surface area (Å²) in [5.41, 5.74) is 8.32. The van der Waals surface area contributed by atoms with E-state index in [4.69, 9.17) is 22.7 Å². The van der Waals surface area contributed by atoms with Crippen molar-refractivity contribution in [3.8, 4) is 11.5 Å². The smallest absolute Gasteiger partial charge is 0.224 e. The Morgan fingerprint density at radius 2 is 2.00 bits per heavy atom. The van der Waals surface area contributed by atoms with Gasteiger partial charge in [0, 0.05) is 12.1 Å². The highest BCUT2D eigenvalue weighted by Crippen LogP contribution is 2.30. The Morgan fingerprint density at radius 1 is 1.19 bits per heavy atom. The molecule has 0 atom stereocenters. The van der Waals surface area contributed by atoms with Gasteiger partial charge in [0.15, 0.2) is 0 Å². The Balaban J connectivity index is 1.89. The Hall–Kier alpha value is -2.40. The summed E-state index contributed by atoms with van der Waals surface area (Å²) in [6, 6.07) is 13.0. The number of rotatable bonds is 3. The van der Waals surface area contributed by atoms with Gasteiger partial charge in [-0.15, -0.1) is 0 Å². The molecule has 2 aromatic carbocycles. The normalized spacial score (nSPS) is 13.2. The number of fused-ring (bicyclic) bond motifs is 1. The van der Waals surface area contributed by atoms with Crippen LogP contribution in [0.5, 0.6) is 11.5 Å². The van der Waals surface area contributed by atoms with E-state index in [0.717, 1.165) is 17.7 Å². The van der Waals surface area contributed by atoms with Crippen LogP contribution in [0.25, 0.3) is 0 Å². The summed E-state index contributed by atoms with van der Waals surface area (Å²) in [7, 11) is 0. The van der Waals surface area contributed by atoms with Crippen LogP contribution in [-0.2, 0) is 11.2 Å². The van der Waals surface area contributed by atoms with Crippen molar-refractivity contribution in [1.29, 1.82) is 0 Å². The van der Waals surface area contributed by atoms with Gasteiger partial charge in [-0.3, -0.25) is 4.79 Å². The molecule has 4 nitrogen and oxygen atoms in total. The molecule has 0 saturated carbocycles. The summed E-state index contributed by atoms with van der Waals surface area (Å²) in [6.45, 7) is 0. The molecular weight excluding hydrogens is 284 g/mol. The summed E-state index contributed by atoms with van der Waals surface area (Å²) in [5, 5.41) is 2.85. The van der Waals surface area contributed by atoms with Crippen molar-refractivity contribution in [2.75, 3.05) is 5.32 Å². The number of ether oxygens (including phenoxy) is 1. The molecule has 3 rings (SSSR count). The highest BCUT2D eigenvalue weighted by atomic mass is 32.1. The highest BCUT2D eigenvalue weighted by molar-refractivity contribution is 7.80. The molecule has 21 heavy (non-hydrogen) atoms. The molecule has 1 aliphatic heterocycles. The lowest BCUT2D eigenvalue weighted by molar-refractivity contribution is -0.116. The summed E-state index contributed by atoms with van der Waals surface area (Å²) in [6.07, 6.45) is 1.22. The molecule has 0 spiro atoms. The fourth-order valence-electron chi connectivity index (χ4n) is 2.31. The van der Waals surface area contributed by atoms with Crippen molar-refractivity contribution in [1.82, 2.24) is 0 Å². The van der Waals surface area contributed by atoms with Gasteiger partial charge in [0.05, 0.1) is 5.56 Å². The van der Waals surface area contributed by atoms with Gasteiger partial charge in [-0.2, -0.15) is 0 Å². The summed E-state index contributed by atoms with van der Waals surface area (Å²) in [4.78, 5) is 11.7. The van der Waals surface area contributed by atoms with Gasteiger partial charge in [-0.25, -0.2) is 0 Å². The summed E-state index contributed by atoms with van der Waals surface area (Å²) in [5.74, 6) is 1.38. The Morgan fingerprint density at radius 3 is 2.81 bits per heavy atom. The summed E-state index contributed by atoms with van der Waals surface area (Å²) >= 11 is 5.03. The number of nitrogens with two attached hydrogens (primary N) is 1. The van der Waals surface area contributed by atoms with Crippen LogP contribution < -0.4 is 15.8 Å². The van der Waals surface area contributed by atoms with Gasteiger partial charge in [0.2, 0.25) is 5.91 Å². The minimum absolute atomic E-state index is 0.0509. The second-order valence-corrected chi connectivity index (χ2v) is 5.27. The number of thiocarbonyl (C=S) groups is 1. The van der Waals surface area contributed by atoms with Gasteiger partial charge < -0.3 is 15.8 Å². The third-order valence-electron chi connectivity index (χ3n) is 3.35. The maximum Gasteiger partial charge on any atom is 0.224 e. The topological polar surface area (TPSA) is 64.3 Å². The van der Waals surface area contributed by atoms with E-state index in [-0.39, 0.29) is 5.91 Å². The molecule has 0 aliphatic carbocycles. The van der Waals surface area contributed by atoms with Gasteiger partial charge >= 0.3 is 0 Å². The lowest BCUT2D eigenvalue weighted by Crippen LogP contribution is -2.18. The highest BCUT2D eigenvalue weighted by Gasteiger charge is 2.15. The zero-order valence-electron chi connectivity index (χ0n) is 11.3. The van der Waals surface area contributed by atoms with Gasteiger partial charge in [-0.1, -0.05) is 24.4 Å². The molecule has 0 aromatic heterocycles. The van der Waals surface area contributed by atoms with E-state index in [1.807, 2.05) is 42.5 Å². The van der Waals surface area contributed by atoms with E-state index in [1.165, 1.54) is 0 Å². The molecule has 0 unspecified atom stereocenters. The number of benzene rings is 2. The van der Waals surface area contributed by atoms with Crippen LogP contribution in [0.15, 0.2) is 42.5 Å². The second-order valence-electron chi connectivity index (χ2n) is 4.83. The molecule has 2 aromatic rings. The number of nitrogens with one attached hydrogen (secondary N) is 1. The number of amides is 1. The first-order valence-electron chi connectivity index (χ1n) is 6.63. The second kappa shape index (κ2) is 5.54. The predicted octanol–water partition coefficient (Wildman–Crippen LogP) is 3.00. The maximum absolute atomic E-state index is 11.4. The lowest BCUT2D eigenvalue weighted by atomic mass is 10.0. The van der Waals surface area contributed by atoms with Crippen LogP contribution in [0, 0.1) is 0 Å². The van der Waals surface area contributed by atoms with Crippen LogP contribution in [0.2, 0.25) is 0 Å². The number of anilines is 1. The molecule has 5 heteroatoms. The zero-order chi connectivity index (χ0) is 14.8. The first-order chi connectivity index (χ1) is 10.1. The van der Waals surface area contributed by atoms with Crippen molar-refractivity contribution in [2.45, 2.75) is 12.8 Å². The quantitative estimate of drug-likeness (QED) is 0.855. The fourth-order valence-corrected chi connectivity index (χ4v) is 2.48. The number of carbonyl (C=O) groups excluding carboxylic acids is 1. The maximum atomic E-state index is 11.4. The number of carbonyl (C=O) groups is 1. The first-order valence-corrected chi connectivity index (χ1v) is 7.04. The van der Waals surface area contributed by atoms with E-state index >= 15 is 0 Å². The van der Waals surface area contributed by atoms with Crippen molar-refractivity contribution < 1.29 is 9.53 Å². The van der Waals surface area contributed by atoms with E-state index in [0.29, 0.717) is 28.5 Å². The Bertz CT molecular complexity index is 728. The minimum atomic E-state index is 0.0509. The largest absolute Gasteiger partial charge is 0.457 e. The van der Waals surface area contributed by atoms with Crippen LogP contribution in [-0.4, -0.2) is 10.9 Å². The van der Waals surface area contributed by atoms with Gasteiger partial charge in [0.1, 0.15) is 16.5 Å². The molecule has 106 valence electrons. The third-order valence-corrected chi connectivity index (χ3v) is 3.57. The minimum Gasteiger partial charge on any atom is -0.457 e. The molecule has 0 saturated heterocycles. The van der Waals surface area contributed by atoms with E-state index in [1.54, 1.807) is 0 Å². The SMILES string of the molecule is NC(=S)c1ccccc1Oc1ccc2c(c1)CCC(=O)N2. The van der Waals surface area contributed by atoms with Crippen LogP contribution >= 0.6 is 12.2 Å². The van der Waals surface area contributed by atoms with Crippen molar-refractivity contribution in [3.63, 3.8) is 0 Å². The fraction of sp³-hybridized carbons (Fsp3) is 0.125. The average molecular weight is 298 g/mol. The third kappa shape index (κ3) is 2.87. The van der Waals surface area contributed by atoms with Crippen molar-refractivity contribution in [2.24, 2.45) is 5.73 Å². The molecule has 3 N–H and O–H groups in total. The van der Waals surface area contributed by atoms with E-state index in [2.05, 4.69) is 5.32 Å². The molecule has 0 radical (unpaired) electrons. The van der Waals surface area contributed by atoms with Crippen LogP contribution in [0.4, 0.5) is 5.69 Å². The molecule has 0 bridgehead atoms. The molecule has 1 heterocycles. The number of hydrogen-bond donors (Lipinski definition) is 2. The Labute approximate surface area is 127 Å². The van der Waals surface area contributed by atoms with E-state index in [9.17, 15) is 4.79 Å². The van der Waals surface area contributed by atoms with Crippen molar-refractivity contribution in [3.05, 3.63) is 53.6 Å². The predicted molar refractivity (Wildman–Crippen MR) is 85.8 cm³/mol. The van der Waals surface area contributed by atoms with E-state index < -0.39 is 0 Å². The number of hydrogen-bond acceptors (Lipinski definition) is 3. The number of para-hydroxylation sites is 1. The van der Waals surface area contributed by atoms with Crippen LogP contribution in [0.1, 0.15) is 17.5 Å². The lowest BCUT2D eigenvalue weighted by Gasteiger charge is -2.18. The first kappa shape index (κ1) is 13.6. The van der Waals surface area contributed by atoms with Crippen LogP contribution in [0.3, 0.4) is 0 Å². The van der Waals surface area contributed by atoms with Gasteiger partial charge in [-0.05, 0) is 42.3 Å². The average Bonchev–Trinajstić information content (AvgIpc) is 2.48. The monoisotopic (exact) mass is 298 g/mol.